The Morgan fingerprint density at radius 2 is 1.86 bits per heavy atom. The second-order valence-electron chi connectivity index (χ2n) is 5.05. The molecule has 0 saturated heterocycles. The smallest absolute Gasteiger partial charge is 0.330 e. The van der Waals surface area contributed by atoms with Gasteiger partial charge in [-0.3, -0.25) is 19.1 Å². The van der Waals surface area contributed by atoms with E-state index in [0.717, 1.165) is 25.7 Å². The molecule has 21 heavy (non-hydrogen) atoms. The third-order valence-electron chi connectivity index (χ3n) is 3.40. The SMILES string of the molecule is CCCCC(=O)N(C)c1c(N)n(CCCC)c(=O)[nH]c1=O. The minimum Gasteiger partial charge on any atom is -0.383 e. The molecule has 0 atom stereocenters. The van der Waals surface area contributed by atoms with Crippen molar-refractivity contribution in [2.45, 2.75) is 52.5 Å². The number of anilines is 2. The van der Waals surface area contributed by atoms with Gasteiger partial charge < -0.3 is 10.6 Å². The van der Waals surface area contributed by atoms with Crippen LogP contribution in [-0.2, 0) is 11.3 Å². The van der Waals surface area contributed by atoms with Crippen molar-refractivity contribution >= 4 is 17.4 Å². The van der Waals surface area contributed by atoms with Gasteiger partial charge in [0.25, 0.3) is 5.56 Å². The van der Waals surface area contributed by atoms with Crippen LogP contribution in [0, 0.1) is 0 Å². The molecule has 118 valence electrons. The summed E-state index contributed by atoms with van der Waals surface area (Å²) in [7, 11) is 1.51. The number of carbonyl (C=O) groups is 1. The van der Waals surface area contributed by atoms with Crippen molar-refractivity contribution in [2.24, 2.45) is 0 Å². The number of nitrogens with one attached hydrogen (secondary N) is 1. The molecule has 1 aromatic heterocycles. The number of nitrogen functional groups attached to an aromatic ring is 1. The van der Waals surface area contributed by atoms with Crippen LogP contribution in [0.25, 0.3) is 0 Å². The molecule has 1 heterocycles. The van der Waals surface area contributed by atoms with E-state index in [4.69, 9.17) is 5.73 Å². The Balaban J connectivity index is 3.20. The summed E-state index contributed by atoms with van der Waals surface area (Å²) in [6.07, 6.45) is 3.65. The van der Waals surface area contributed by atoms with Crippen LogP contribution in [0.4, 0.5) is 11.5 Å². The van der Waals surface area contributed by atoms with Gasteiger partial charge >= 0.3 is 5.69 Å². The minimum absolute atomic E-state index is 0.0459. The van der Waals surface area contributed by atoms with E-state index in [9.17, 15) is 14.4 Å². The van der Waals surface area contributed by atoms with Gasteiger partial charge in [-0.2, -0.15) is 0 Å². The Bertz CT molecular complexity index is 603. The molecule has 1 rings (SSSR count). The normalized spacial score (nSPS) is 10.6. The fraction of sp³-hybridized carbons (Fsp3) is 0.643. The number of H-pyrrole nitrogens is 1. The zero-order valence-corrected chi connectivity index (χ0v) is 12.9. The average molecular weight is 296 g/mol. The molecule has 0 aliphatic heterocycles. The van der Waals surface area contributed by atoms with Gasteiger partial charge in [0.1, 0.15) is 5.82 Å². The predicted octanol–water partition coefficient (Wildman–Crippen LogP) is 1.07. The van der Waals surface area contributed by atoms with E-state index in [1.807, 2.05) is 13.8 Å². The van der Waals surface area contributed by atoms with E-state index in [1.165, 1.54) is 16.5 Å². The molecule has 7 nitrogen and oxygen atoms in total. The Labute approximate surface area is 123 Å². The zero-order chi connectivity index (χ0) is 16.0. The molecular weight excluding hydrogens is 272 g/mol. The maximum absolute atomic E-state index is 12.0. The van der Waals surface area contributed by atoms with Crippen molar-refractivity contribution in [2.75, 3.05) is 17.7 Å². The number of amides is 1. The van der Waals surface area contributed by atoms with Crippen molar-refractivity contribution in [1.82, 2.24) is 9.55 Å². The number of nitrogens with zero attached hydrogens (tertiary/aromatic N) is 2. The van der Waals surface area contributed by atoms with Crippen molar-refractivity contribution < 1.29 is 4.79 Å². The monoisotopic (exact) mass is 296 g/mol. The van der Waals surface area contributed by atoms with E-state index < -0.39 is 11.2 Å². The molecule has 0 aliphatic carbocycles. The molecule has 1 aromatic rings. The van der Waals surface area contributed by atoms with E-state index in [-0.39, 0.29) is 17.4 Å². The highest BCUT2D eigenvalue weighted by Gasteiger charge is 2.20. The summed E-state index contributed by atoms with van der Waals surface area (Å²) in [4.78, 5) is 39.3. The summed E-state index contributed by atoms with van der Waals surface area (Å²) in [6, 6.07) is 0. The van der Waals surface area contributed by atoms with E-state index >= 15 is 0 Å². The van der Waals surface area contributed by atoms with Crippen LogP contribution in [0.2, 0.25) is 0 Å². The first-order valence-electron chi connectivity index (χ1n) is 7.33. The number of hydrogen-bond acceptors (Lipinski definition) is 4. The summed E-state index contributed by atoms with van der Waals surface area (Å²) < 4.78 is 1.31. The number of hydrogen-bond donors (Lipinski definition) is 2. The molecule has 7 heteroatoms. The van der Waals surface area contributed by atoms with Crippen LogP contribution in [0.1, 0.15) is 46.0 Å². The lowest BCUT2D eigenvalue weighted by Gasteiger charge is -2.20. The molecule has 0 aromatic carbocycles. The number of rotatable bonds is 7. The fourth-order valence-corrected chi connectivity index (χ4v) is 2.06. The molecule has 0 bridgehead atoms. The van der Waals surface area contributed by atoms with E-state index in [0.29, 0.717) is 13.0 Å². The highest BCUT2D eigenvalue weighted by atomic mass is 16.2. The molecular formula is C14H24N4O3. The minimum atomic E-state index is -0.627. The number of aromatic amines is 1. The summed E-state index contributed by atoms with van der Waals surface area (Å²) in [5.74, 6) is -0.140. The average Bonchev–Trinajstić information content (AvgIpc) is 2.44. The second-order valence-corrected chi connectivity index (χ2v) is 5.05. The van der Waals surface area contributed by atoms with Crippen molar-refractivity contribution in [3.05, 3.63) is 20.8 Å². The zero-order valence-electron chi connectivity index (χ0n) is 12.9. The Kier molecular flexibility index (Phi) is 6.20. The third kappa shape index (κ3) is 3.96. The first-order chi connectivity index (χ1) is 9.93. The lowest BCUT2D eigenvalue weighted by Crippen LogP contribution is -2.39. The highest BCUT2D eigenvalue weighted by Crippen LogP contribution is 2.16. The topological polar surface area (TPSA) is 101 Å². The lowest BCUT2D eigenvalue weighted by molar-refractivity contribution is -0.118. The summed E-state index contributed by atoms with van der Waals surface area (Å²) in [6.45, 7) is 4.40. The van der Waals surface area contributed by atoms with Crippen LogP contribution < -0.4 is 21.9 Å². The van der Waals surface area contributed by atoms with Crippen molar-refractivity contribution in [3.8, 4) is 0 Å². The summed E-state index contributed by atoms with van der Waals surface area (Å²) in [5, 5.41) is 0. The first kappa shape index (κ1) is 17.0. The maximum atomic E-state index is 12.0. The molecule has 0 radical (unpaired) electrons. The maximum Gasteiger partial charge on any atom is 0.330 e. The molecule has 3 N–H and O–H groups in total. The van der Waals surface area contributed by atoms with Gasteiger partial charge in [-0.05, 0) is 12.8 Å². The van der Waals surface area contributed by atoms with Crippen LogP contribution in [0.5, 0.6) is 0 Å². The van der Waals surface area contributed by atoms with E-state index in [1.54, 1.807) is 0 Å². The summed E-state index contributed by atoms with van der Waals surface area (Å²) in [5.41, 5.74) is 4.83. The van der Waals surface area contributed by atoms with Crippen LogP contribution in [-0.4, -0.2) is 22.5 Å². The molecule has 0 spiro atoms. The lowest BCUT2D eigenvalue weighted by atomic mass is 10.2. The van der Waals surface area contributed by atoms with Gasteiger partial charge in [0.15, 0.2) is 5.69 Å². The van der Waals surface area contributed by atoms with Crippen LogP contribution >= 0.6 is 0 Å². The number of nitrogens with two attached hydrogens (primary N) is 1. The van der Waals surface area contributed by atoms with Crippen molar-refractivity contribution in [1.29, 1.82) is 0 Å². The van der Waals surface area contributed by atoms with Gasteiger partial charge in [0.2, 0.25) is 5.91 Å². The van der Waals surface area contributed by atoms with Gasteiger partial charge in [-0.1, -0.05) is 26.7 Å². The number of aromatic nitrogens is 2. The molecule has 0 fully saturated rings. The van der Waals surface area contributed by atoms with Gasteiger partial charge in [0.05, 0.1) is 0 Å². The molecule has 0 saturated carbocycles. The van der Waals surface area contributed by atoms with Gasteiger partial charge in [-0.25, -0.2) is 4.79 Å². The Morgan fingerprint density at radius 3 is 2.43 bits per heavy atom. The summed E-state index contributed by atoms with van der Waals surface area (Å²) >= 11 is 0. The van der Waals surface area contributed by atoms with E-state index in [2.05, 4.69) is 4.98 Å². The van der Waals surface area contributed by atoms with Gasteiger partial charge in [0, 0.05) is 20.0 Å². The number of carbonyl (C=O) groups excluding carboxylic acids is 1. The number of unbranched alkanes of at least 4 members (excludes halogenated alkanes) is 2. The van der Waals surface area contributed by atoms with Crippen molar-refractivity contribution in [3.63, 3.8) is 0 Å². The second kappa shape index (κ2) is 7.66. The Morgan fingerprint density at radius 1 is 1.24 bits per heavy atom. The molecule has 1 amide bonds. The molecule has 0 unspecified atom stereocenters. The Hall–Kier alpha value is -2.05. The first-order valence-corrected chi connectivity index (χ1v) is 7.33. The highest BCUT2D eigenvalue weighted by molar-refractivity contribution is 5.94. The van der Waals surface area contributed by atoms with Gasteiger partial charge in [-0.15, -0.1) is 0 Å². The standard InChI is InChI=1S/C14H24N4O3/c1-4-6-8-10(19)17(3)11-12(15)18(9-7-5-2)14(21)16-13(11)20/h4-9,15H2,1-3H3,(H,16,20,21). The third-order valence-corrected chi connectivity index (χ3v) is 3.40. The predicted molar refractivity (Wildman–Crippen MR) is 83.6 cm³/mol. The van der Waals surface area contributed by atoms with Crippen LogP contribution in [0.3, 0.4) is 0 Å². The quantitative estimate of drug-likeness (QED) is 0.785. The molecule has 0 aliphatic rings. The van der Waals surface area contributed by atoms with Crippen LogP contribution in [0.15, 0.2) is 9.59 Å². The fourth-order valence-electron chi connectivity index (χ4n) is 2.06. The largest absolute Gasteiger partial charge is 0.383 e.